The highest BCUT2D eigenvalue weighted by Gasteiger charge is 2.34. The molecule has 0 spiro atoms. The summed E-state index contributed by atoms with van der Waals surface area (Å²) in [6.07, 6.45) is 0. The molecule has 2 aliphatic rings. The summed E-state index contributed by atoms with van der Waals surface area (Å²) in [7, 11) is 0. The molecular formula is C18H13FN2O4. The summed E-state index contributed by atoms with van der Waals surface area (Å²) in [5.41, 5.74) is 1.96. The van der Waals surface area contributed by atoms with Gasteiger partial charge < -0.3 is 10.2 Å². The van der Waals surface area contributed by atoms with Gasteiger partial charge in [-0.15, -0.1) is 0 Å². The van der Waals surface area contributed by atoms with Crippen molar-refractivity contribution < 1.29 is 23.6 Å². The minimum atomic E-state index is -0.645. The number of anilines is 2. The zero-order chi connectivity index (χ0) is 18.0. The smallest absolute Gasteiger partial charge is 0.299 e. The Balaban J connectivity index is 0.000000150. The van der Waals surface area contributed by atoms with E-state index in [0.29, 0.717) is 22.5 Å². The summed E-state index contributed by atoms with van der Waals surface area (Å²) in [5, 5.41) is 2.46. The Morgan fingerprint density at radius 3 is 2.16 bits per heavy atom. The maximum atomic E-state index is 12.1. The van der Waals surface area contributed by atoms with Gasteiger partial charge >= 0.3 is 0 Å². The van der Waals surface area contributed by atoms with E-state index in [2.05, 4.69) is 5.32 Å². The van der Waals surface area contributed by atoms with Crippen molar-refractivity contribution in [2.75, 3.05) is 23.4 Å². The van der Waals surface area contributed by atoms with Gasteiger partial charge in [0.1, 0.15) is 6.67 Å². The lowest BCUT2D eigenvalue weighted by atomic mass is 10.1. The van der Waals surface area contributed by atoms with E-state index >= 15 is 0 Å². The topological polar surface area (TPSA) is 83.6 Å². The van der Waals surface area contributed by atoms with Crippen molar-refractivity contribution in [3.63, 3.8) is 0 Å². The number of halogens is 1. The zero-order valence-electron chi connectivity index (χ0n) is 13.0. The van der Waals surface area contributed by atoms with Crippen LogP contribution in [-0.2, 0) is 9.59 Å². The first-order chi connectivity index (χ1) is 12.0. The number of nitrogens with zero attached hydrogens (tertiary/aromatic N) is 1. The van der Waals surface area contributed by atoms with Crippen LogP contribution < -0.4 is 10.2 Å². The van der Waals surface area contributed by atoms with Gasteiger partial charge in [-0.3, -0.25) is 19.2 Å². The van der Waals surface area contributed by atoms with E-state index < -0.39 is 30.1 Å². The average molecular weight is 340 g/mol. The molecule has 2 amide bonds. The molecule has 126 valence electrons. The molecule has 2 aliphatic heterocycles. The fourth-order valence-electron chi connectivity index (χ4n) is 2.65. The molecule has 6 nitrogen and oxygen atoms in total. The Morgan fingerprint density at radius 2 is 1.48 bits per heavy atom. The number of ketones is 2. The molecule has 0 aliphatic carbocycles. The minimum absolute atomic E-state index is 0.0540. The first kappa shape index (κ1) is 16.5. The van der Waals surface area contributed by atoms with E-state index in [1.165, 1.54) is 4.90 Å². The fourth-order valence-corrected chi connectivity index (χ4v) is 2.65. The van der Waals surface area contributed by atoms with Crippen molar-refractivity contribution in [1.29, 1.82) is 0 Å². The second-order valence-electron chi connectivity index (χ2n) is 5.32. The van der Waals surface area contributed by atoms with Crippen molar-refractivity contribution in [2.24, 2.45) is 0 Å². The Morgan fingerprint density at radius 1 is 0.840 bits per heavy atom. The summed E-state index contributed by atoms with van der Waals surface area (Å²) in [6.45, 7) is -0.699. The maximum Gasteiger partial charge on any atom is 0.299 e. The van der Waals surface area contributed by atoms with E-state index in [1.54, 1.807) is 48.5 Å². The lowest BCUT2D eigenvalue weighted by Crippen LogP contribution is -2.31. The van der Waals surface area contributed by atoms with Crippen LogP contribution in [0.15, 0.2) is 48.5 Å². The summed E-state index contributed by atoms with van der Waals surface area (Å²) in [5.74, 6) is -2.16. The van der Waals surface area contributed by atoms with Crippen molar-refractivity contribution in [1.82, 2.24) is 0 Å². The van der Waals surface area contributed by atoms with Crippen LogP contribution in [0.4, 0.5) is 15.8 Å². The van der Waals surface area contributed by atoms with Crippen LogP contribution in [0.25, 0.3) is 0 Å². The normalized spacial score (nSPS) is 14.7. The molecule has 0 atom stereocenters. The lowest BCUT2D eigenvalue weighted by Gasteiger charge is -2.13. The fraction of sp³-hybridized carbons (Fsp3) is 0.111. The van der Waals surface area contributed by atoms with Crippen molar-refractivity contribution >= 4 is 34.8 Å². The molecule has 0 unspecified atom stereocenters. The molecule has 2 aromatic rings. The molecule has 0 radical (unpaired) electrons. The van der Waals surface area contributed by atoms with Gasteiger partial charge in [-0.2, -0.15) is 0 Å². The number of Topliss-reactive ketones (excluding diaryl/α,β-unsaturated/α-hetero) is 2. The molecule has 0 saturated heterocycles. The molecule has 0 fully saturated rings. The predicted molar refractivity (Wildman–Crippen MR) is 88.5 cm³/mol. The molecule has 4 rings (SSSR count). The summed E-state index contributed by atoms with van der Waals surface area (Å²) in [6, 6.07) is 13.5. The van der Waals surface area contributed by atoms with Gasteiger partial charge in [0.05, 0.1) is 29.0 Å². The molecule has 0 aromatic heterocycles. The maximum absolute atomic E-state index is 12.1. The van der Waals surface area contributed by atoms with Gasteiger partial charge in [-0.1, -0.05) is 24.3 Å². The van der Waals surface area contributed by atoms with E-state index in [1.807, 2.05) is 0 Å². The second-order valence-corrected chi connectivity index (χ2v) is 5.32. The third-order valence-electron chi connectivity index (χ3n) is 3.81. The number of carbonyl (C=O) groups is 4. The standard InChI is InChI=1S/C10H8FNO2.C8H5NO2/c11-5-6-12-8-4-2-1-3-7(8)9(13)10(12)14;10-7-5-3-1-2-4-6(5)9-8(7)11/h1-4H,5-6H2;1-4H,(H,9,10,11). The molecule has 1 N–H and O–H groups in total. The van der Waals surface area contributed by atoms with Crippen LogP contribution in [0.3, 0.4) is 0 Å². The van der Waals surface area contributed by atoms with Crippen LogP contribution in [0.5, 0.6) is 0 Å². The number of alkyl halides is 1. The third-order valence-corrected chi connectivity index (χ3v) is 3.81. The SMILES string of the molecule is O=C1C(=O)N(CCF)c2ccccc21.O=C1Nc2ccccc2C1=O. The predicted octanol–water partition coefficient (Wildman–Crippen LogP) is 2.01. The quantitative estimate of drug-likeness (QED) is 0.848. The number of hydrogen-bond donors (Lipinski definition) is 1. The second kappa shape index (κ2) is 6.64. The van der Waals surface area contributed by atoms with Gasteiger partial charge in [0.2, 0.25) is 0 Å². The third kappa shape index (κ3) is 2.91. The van der Waals surface area contributed by atoms with Crippen LogP contribution >= 0.6 is 0 Å². The number of para-hydroxylation sites is 2. The van der Waals surface area contributed by atoms with E-state index in [-0.39, 0.29) is 6.54 Å². The van der Waals surface area contributed by atoms with E-state index in [4.69, 9.17) is 0 Å². The molecule has 0 bridgehead atoms. The molecule has 2 heterocycles. The van der Waals surface area contributed by atoms with Gasteiger partial charge in [0.15, 0.2) is 0 Å². The number of fused-ring (bicyclic) bond motifs is 2. The Labute approximate surface area is 142 Å². The largest absolute Gasteiger partial charge is 0.318 e. The zero-order valence-corrected chi connectivity index (χ0v) is 13.0. The summed E-state index contributed by atoms with van der Waals surface area (Å²) in [4.78, 5) is 45.7. The average Bonchev–Trinajstić information content (AvgIpc) is 3.05. The van der Waals surface area contributed by atoms with Gasteiger partial charge in [0, 0.05) is 0 Å². The van der Waals surface area contributed by atoms with Crippen molar-refractivity contribution in [2.45, 2.75) is 0 Å². The van der Waals surface area contributed by atoms with E-state index in [0.717, 1.165) is 0 Å². The lowest BCUT2D eigenvalue weighted by molar-refractivity contribution is -0.114. The van der Waals surface area contributed by atoms with Crippen LogP contribution in [0.1, 0.15) is 20.7 Å². The van der Waals surface area contributed by atoms with Crippen LogP contribution in [-0.4, -0.2) is 36.6 Å². The van der Waals surface area contributed by atoms with E-state index in [9.17, 15) is 23.6 Å². The highest BCUT2D eigenvalue weighted by atomic mass is 19.1. The minimum Gasteiger partial charge on any atom is -0.318 e. The van der Waals surface area contributed by atoms with Gasteiger partial charge in [-0.05, 0) is 24.3 Å². The first-order valence-electron chi connectivity index (χ1n) is 7.50. The van der Waals surface area contributed by atoms with Crippen molar-refractivity contribution in [3.8, 4) is 0 Å². The Kier molecular flexibility index (Phi) is 4.38. The Hall–Kier alpha value is -3.35. The number of nitrogens with one attached hydrogen (secondary N) is 1. The summed E-state index contributed by atoms with van der Waals surface area (Å²) < 4.78 is 12.1. The van der Waals surface area contributed by atoms with Crippen LogP contribution in [0.2, 0.25) is 0 Å². The number of carbonyl (C=O) groups excluding carboxylic acids is 4. The number of rotatable bonds is 2. The molecule has 2 aromatic carbocycles. The molecule has 25 heavy (non-hydrogen) atoms. The number of hydrogen-bond acceptors (Lipinski definition) is 4. The monoisotopic (exact) mass is 340 g/mol. The molecular weight excluding hydrogens is 327 g/mol. The number of benzene rings is 2. The Bertz CT molecular complexity index is 894. The summed E-state index contributed by atoms with van der Waals surface area (Å²) >= 11 is 0. The highest BCUT2D eigenvalue weighted by molar-refractivity contribution is 6.52. The molecule has 7 heteroatoms. The molecule has 0 saturated carbocycles. The van der Waals surface area contributed by atoms with Gasteiger partial charge in [-0.25, -0.2) is 4.39 Å². The highest BCUT2D eigenvalue weighted by Crippen LogP contribution is 2.27. The van der Waals surface area contributed by atoms with Crippen LogP contribution in [0, 0.1) is 0 Å². The first-order valence-corrected chi connectivity index (χ1v) is 7.50. The van der Waals surface area contributed by atoms with Gasteiger partial charge in [0.25, 0.3) is 23.4 Å². The van der Waals surface area contributed by atoms with Crippen molar-refractivity contribution in [3.05, 3.63) is 59.7 Å². The number of amides is 2.